The Bertz CT molecular complexity index is 508. The summed E-state index contributed by atoms with van der Waals surface area (Å²) in [4.78, 5) is 11.3. The maximum Gasteiger partial charge on any atom is 0.120 e. The van der Waals surface area contributed by atoms with Crippen LogP contribution in [0.3, 0.4) is 0 Å². The first-order chi connectivity index (χ1) is 12.2. The molecule has 0 saturated heterocycles. The number of rotatable bonds is 6. The Morgan fingerprint density at radius 2 is 1.73 bits per heavy atom. The maximum absolute atomic E-state index is 11.3. The topological polar surface area (TPSA) is 17.1 Å². The van der Waals surface area contributed by atoms with Crippen LogP contribution in [0.25, 0.3) is 0 Å². The SMILES string of the molecule is CCCC1(C)C(CC=O)CCC2C1CCC1(C)C2CCC1C(C)(C)CC. The zero-order valence-corrected chi connectivity index (χ0v) is 18.4. The zero-order valence-electron chi connectivity index (χ0n) is 18.4. The summed E-state index contributed by atoms with van der Waals surface area (Å²) < 4.78 is 0. The van der Waals surface area contributed by atoms with Crippen LogP contribution in [0.4, 0.5) is 0 Å². The van der Waals surface area contributed by atoms with Crippen molar-refractivity contribution in [1.29, 1.82) is 0 Å². The average Bonchev–Trinajstić information content (AvgIpc) is 2.96. The molecule has 0 aromatic rings. The minimum absolute atomic E-state index is 0.401. The Morgan fingerprint density at radius 1 is 1.00 bits per heavy atom. The van der Waals surface area contributed by atoms with Crippen LogP contribution in [0.2, 0.25) is 0 Å². The summed E-state index contributed by atoms with van der Waals surface area (Å²) in [7, 11) is 0. The van der Waals surface area contributed by atoms with Gasteiger partial charge in [-0.1, -0.05) is 54.4 Å². The molecule has 1 heteroatoms. The number of hydrogen-bond donors (Lipinski definition) is 0. The Hall–Kier alpha value is -0.330. The first-order valence-corrected chi connectivity index (χ1v) is 11.7. The molecule has 0 aromatic heterocycles. The third-order valence-corrected chi connectivity index (χ3v) is 10.1. The van der Waals surface area contributed by atoms with E-state index in [-0.39, 0.29) is 0 Å². The fourth-order valence-corrected chi connectivity index (χ4v) is 8.50. The van der Waals surface area contributed by atoms with Crippen molar-refractivity contribution in [1.82, 2.24) is 0 Å². The van der Waals surface area contributed by atoms with Gasteiger partial charge in [0.2, 0.25) is 0 Å². The molecule has 3 fully saturated rings. The Morgan fingerprint density at radius 3 is 2.35 bits per heavy atom. The van der Waals surface area contributed by atoms with Gasteiger partial charge >= 0.3 is 0 Å². The largest absolute Gasteiger partial charge is 0.303 e. The lowest BCUT2D eigenvalue weighted by atomic mass is 9.45. The molecule has 3 saturated carbocycles. The van der Waals surface area contributed by atoms with Gasteiger partial charge in [-0.05, 0) is 90.8 Å². The van der Waals surface area contributed by atoms with E-state index < -0.39 is 0 Å². The number of fused-ring (bicyclic) bond motifs is 3. The van der Waals surface area contributed by atoms with E-state index in [0.717, 1.165) is 30.1 Å². The van der Waals surface area contributed by atoms with Crippen LogP contribution in [-0.2, 0) is 4.79 Å². The highest BCUT2D eigenvalue weighted by Gasteiger charge is 2.60. The van der Waals surface area contributed by atoms with E-state index in [1.54, 1.807) is 0 Å². The molecule has 7 atom stereocenters. The first kappa shape index (κ1) is 20.4. The Kier molecular flexibility index (Phi) is 5.69. The summed E-state index contributed by atoms with van der Waals surface area (Å²) >= 11 is 0. The molecule has 0 radical (unpaired) electrons. The van der Waals surface area contributed by atoms with Gasteiger partial charge in [0, 0.05) is 6.42 Å². The van der Waals surface area contributed by atoms with Gasteiger partial charge in [-0.25, -0.2) is 0 Å². The second-order valence-corrected chi connectivity index (χ2v) is 11.3. The molecule has 0 heterocycles. The standard InChI is InChI=1S/C25H44O/c1-7-15-24(5)18(14-17-26)9-10-19-20-11-12-22(23(3,4)8-2)25(20,6)16-13-21(19)24/h17-22H,7-16H2,1-6H3. The molecule has 1 nitrogen and oxygen atoms in total. The van der Waals surface area contributed by atoms with Crippen LogP contribution >= 0.6 is 0 Å². The summed E-state index contributed by atoms with van der Waals surface area (Å²) in [5, 5.41) is 0. The van der Waals surface area contributed by atoms with E-state index in [2.05, 4.69) is 41.5 Å². The minimum atomic E-state index is 0.401. The normalized spacial score (nSPS) is 45.8. The number of hydrogen-bond acceptors (Lipinski definition) is 1. The third kappa shape index (κ3) is 3.00. The van der Waals surface area contributed by atoms with Gasteiger partial charge in [0.25, 0.3) is 0 Å². The molecular formula is C25H44O. The van der Waals surface area contributed by atoms with E-state index in [1.807, 2.05) is 0 Å². The lowest BCUT2D eigenvalue weighted by Crippen LogP contribution is -2.53. The fourth-order valence-electron chi connectivity index (χ4n) is 8.50. The molecule has 3 rings (SSSR count). The van der Waals surface area contributed by atoms with Crippen molar-refractivity contribution in [3.63, 3.8) is 0 Å². The van der Waals surface area contributed by atoms with Crippen LogP contribution in [-0.4, -0.2) is 6.29 Å². The molecule has 0 N–H and O–H groups in total. The van der Waals surface area contributed by atoms with Gasteiger partial charge in [0.1, 0.15) is 6.29 Å². The highest BCUT2D eigenvalue weighted by Crippen LogP contribution is 2.68. The van der Waals surface area contributed by atoms with Gasteiger partial charge in [-0.3, -0.25) is 0 Å². The van der Waals surface area contributed by atoms with Crippen molar-refractivity contribution in [2.75, 3.05) is 0 Å². The highest BCUT2D eigenvalue weighted by atomic mass is 16.1. The van der Waals surface area contributed by atoms with Gasteiger partial charge in [0.05, 0.1) is 0 Å². The van der Waals surface area contributed by atoms with E-state index >= 15 is 0 Å². The summed E-state index contributed by atoms with van der Waals surface area (Å²) in [6, 6.07) is 0. The van der Waals surface area contributed by atoms with E-state index in [4.69, 9.17) is 0 Å². The molecule has 0 amide bonds. The second-order valence-electron chi connectivity index (χ2n) is 11.3. The van der Waals surface area contributed by atoms with Crippen LogP contribution in [0.5, 0.6) is 0 Å². The lowest BCUT2D eigenvalue weighted by molar-refractivity contribution is -0.122. The monoisotopic (exact) mass is 360 g/mol. The van der Waals surface area contributed by atoms with Crippen molar-refractivity contribution in [3.05, 3.63) is 0 Å². The highest BCUT2D eigenvalue weighted by molar-refractivity contribution is 5.50. The molecule has 0 bridgehead atoms. The van der Waals surface area contributed by atoms with Crippen LogP contribution in [0, 0.1) is 45.8 Å². The van der Waals surface area contributed by atoms with Crippen molar-refractivity contribution < 1.29 is 4.79 Å². The van der Waals surface area contributed by atoms with E-state index in [9.17, 15) is 4.79 Å². The molecule has 26 heavy (non-hydrogen) atoms. The molecular weight excluding hydrogens is 316 g/mol. The predicted molar refractivity (Wildman–Crippen MR) is 111 cm³/mol. The smallest absolute Gasteiger partial charge is 0.120 e. The lowest BCUT2D eigenvalue weighted by Gasteiger charge is -2.60. The van der Waals surface area contributed by atoms with Crippen molar-refractivity contribution in [2.24, 2.45) is 45.8 Å². The Labute approximate surface area is 163 Å². The molecule has 3 aliphatic carbocycles. The minimum Gasteiger partial charge on any atom is -0.303 e. The van der Waals surface area contributed by atoms with Gasteiger partial charge in [-0.2, -0.15) is 0 Å². The van der Waals surface area contributed by atoms with Crippen molar-refractivity contribution in [2.45, 2.75) is 106 Å². The summed E-state index contributed by atoms with van der Waals surface area (Å²) in [6.45, 7) is 15.0. The molecule has 3 aliphatic rings. The van der Waals surface area contributed by atoms with Crippen molar-refractivity contribution >= 4 is 6.29 Å². The quantitative estimate of drug-likeness (QED) is 0.455. The predicted octanol–water partition coefficient (Wildman–Crippen LogP) is 7.29. The second kappa shape index (κ2) is 7.25. The van der Waals surface area contributed by atoms with Crippen LogP contribution in [0.1, 0.15) is 106 Å². The molecule has 7 unspecified atom stereocenters. The van der Waals surface area contributed by atoms with Gasteiger partial charge in [-0.15, -0.1) is 0 Å². The zero-order chi connectivity index (χ0) is 19.2. The number of carbonyl (C=O) groups excluding carboxylic acids is 1. The van der Waals surface area contributed by atoms with Gasteiger partial charge < -0.3 is 4.79 Å². The van der Waals surface area contributed by atoms with Crippen LogP contribution in [0.15, 0.2) is 0 Å². The average molecular weight is 361 g/mol. The number of aldehydes is 1. The molecule has 0 spiro atoms. The summed E-state index contributed by atoms with van der Waals surface area (Å²) in [6.07, 6.45) is 14.4. The Balaban J connectivity index is 1.89. The van der Waals surface area contributed by atoms with Crippen LogP contribution < -0.4 is 0 Å². The van der Waals surface area contributed by atoms with E-state index in [1.165, 1.54) is 64.1 Å². The first-order valence-electron chi connectivity index (χ1n) is 11.7. The van der Waals surface area contributed by atoms with E-state index in [0.29, 0.717) is 22.2 Å². The fraction of sp³-hybridized carbons (Fsp3) is 0.960. The molecule has 150 valence electrons. The summed E-state index contributed by atoms with van der Waals surface area (Å²) in [5.74, 6) is 4.25. The molecule has 0 aromatic carbocycles. The summed E-state index contributed by atoms with van der Waals surface area (Å²) in [5.41, 5.74) is 1.45. The van der Waals surface area contributed by atoms with Crippen molar-refractivity contribution in [3.8, 4) is 0 Å². The van der Waals surface area contributed by atoms with Gasteiger partial charge in [0.15, 0.2) is 0 Å². The number of carbonyl (C=O) groups is 1. The molecule has 0 aliphatic heterocycles. The third-order valence-electron chi connectivity index (χ3n) is 10.1. The maximum atomic E-state index is 11.3.